The van der Waals surface area contributed by atoms with Crippen LogP contribution in [0.25, 0.3) is 0 Å². The van der Waals surface area contributed by atoms with E-state index in [0.717, 1.165) is 12.4 Å². The summed E-state index contributed by atoms with van der Waals surface area (Å²) in [5, 5.41) is 12.0. The van der Waals surface area contributed by atoms with E-state index in [2.05, 4.69) is 35.4 Å². The molecule has 0 spiro atoms. The van der Waals surface area contributed by atoms with E-state index in [1.807, 2.05) is 24.3 Å². The van der Waals surface area contributed by atoms with Crippen molar-refractivity contribution < 1.29 is 0 Å². The van der Waals surface area contributed by atoms with Gasteiger partial charge in [0.1, 0.15) is 11.9 Å². The largest absolute Gasteiger partial charge is 0.369 e. The Kier molecular flexibility index (Phi) is 3.93. The second-order valence-corrected chi connectivity index (χ2v) is 4.24. The molecular weight excluding hydrogens is 222 g/mol. The number of rotatable bonds is 4. The van der Waals surface area contributed by atoms with Gasteiger partial charge in [-0.15, -0.1) is 0 Å². The average molecular weight is 237 g/mol. The SMILES string of the molecule is CC(CNc1ccc(C#N)cn1)c1ccccc1. The Labute approximate surface area is 107 Å². The van der Waals surface area contributed by atoms with Gasteiger partial charge in [0.25, 0.3) is 0 Å². The Bertz CT molecular complexity index is 526. The molecular formula is C15H15N3. The summed E-state index contributed by atoms with van der Waals surface area (Å²) in [4.78, 5) is 4.18. The van der Waals surface area contributed by atoms with E-state index >= 15 is 0 Å². The maximum atomic E-state index is 8.68. The van der Waals surface area contributed by atoms with Crippen molar-refractivity contribution in [3.05, 3.63) is 59.8 Å². The number of pyridine rings is 1. The van der Waals surface area contributed by atoms with E-state index in [1.54, 1.807) is 12.3 Å². The lowest BCUT2D eigenvalue weighted by Crippen LogP contribution is -2.10. The van der Waals surface area contributed by atoms with Crippen molar-refractivity contribution in [2.24, 2.45) is 0 Å². The van der Waals surface area contributed by atoms with Crippen molar-refractivity contribution in [2.75, 3.05) is 11.9 Å². The van der Waals surface area contributed by atoms with E-state index in [4.69, 9.17) is 5.26 Å². The van der Waals surface area contributed by atoms with Crippen LogP contribution < -0.4 is 5.32 Å². The highest BCUT2D eigenvalue weighted by molar-refractivity contribution is 5.39. The predicted octanol–water partition coefficient (Wildman–Crippen LogP) is 3.17. The molecule has 1 aromatic heterocycles. The molecule has 0 saturated heterocycles. The van der Waals surface area contributed by atoms with Gasteiger partial charge in [-0.25, -0.2) is 4.98 Å². The smallest absolute Gasteiger partial charge is 0.125 e. The maximum absolute atomic E-state index is 8.68. The second kappa shape index (κ2) is 5.83. The zero-order valence-corrected chi connectivity index (χ0v) is 10.3. The lowest BCUT2D eigenvalue weighted by molar-refractivity contribution is 0.801. The highest BCUT2D eigenvalue weighted by Gasteiger charge is 2.04. The lowest BCUT2D eigenvalue weighted by atomic mass is 10.0. The van der Waals surface area contributed by atoms with Gasteiger partial charge in [0, 0.05) is 12.7 Å². The van der Waals surface area contributed by atoms with Crippen LogP contribution in [0.15, 0.2) is 48.7 Å². The van der Waals surface area contributed by atoms with E-state index in [9.17, 15) is 0 Å². The first-order valence-electron chi connectivity index (χ1n) is 5.94. The molecule has 0 aliphatic rings. The summed E-state index contributed by atoms with van der Waals surface area (Å²) >= 11 is 0. The fourth-order valence-electron chi connectivity index (χ4n) is 1.72. The number of benzene rings is 1. The number of aromatic nitrogens is 1. The zero-order chi connectivity index (χ0) is 12.8. The normalized spacial score (nSPS) is 11.6. The molecule has 1 unspecified atom stereocenters. The van der Waals surface area contributed by atoms with Gasteiger partial charge in [0.15, 0.2) is 0 Å². The molecule has 3 heteroatoms. The van der Waals surface area contributed by atoms with Crippen LogP contribution in [0.2, 0.25) is 0 Å². The minimum absolute atomic E-state index is 0.420. The molecule has 1 aromatic carbocycles. The summed E-state index contributed by atoms with van der Waals surface area (Å²) in [6.45, 7) is 2.99. The molecule has 1 atom stereocenters. The van der Waals surface area contributed by atoms with Gasteiger partial charge in [0.05, 0.1) is 5.56 Å². The summed E-state index contributed by atoms with van der Waals surface area (Å²) < 4.78 is 0. The molecule has 3 nitrogen and oxygen atoms in total. The molecule has 2 rings (SSSR count). The molecule has 0 bridgehead atoms. The Morgan fingerprint density at radius 1 is 1.22 bits per heavy atom. The van der Waals surface area contributed by atoms with E-state index in [-0.39, 0.29) is 0 Å². The first kappa shape index (κ1) is 12.1. The molecule has 0 aliphatic heterocycles. The molecule has 18 heavy (non-hydrogen) atoms. The quantitative estimate of drug-likeness (QED) is 0.888. The van der Waals surface area contributed by atoms with Gasteiger partial charge < -0.3 is 5.32 Å². The predicted molar refractivity (Wildman–Crippen MR) is 72.3 cm³/mol. The first-order chi connectivity index (χ1) is 8.79. The van der Waals surface area contributed by atoms with Gasteiger partial charge in [-0.05, 0) is 23.6 Å². The summed E-state index contributed by atoms with van der Waals surface area (Å²) in [6, 6.07) is 16.0. The van der Waals surface area contributed by atoms with E-state index in [1.165, 1.54) is 5.56 Å². The van der Waals surface area contributed by atoms with Crippen LogP contribution in [0.3, 0.4) is 0 Å². The van der Waals surface area contributed by atoms with Crippen LogP contribution in [0, 0.1) is 11.3 Å². The molecule has 2 aromatic rings. The number of anilines is 1. The monoisotopic (exact) mass is 237 g/mol. The maximum Gasteiger partial charge on any atom is 0.125 e. The third-order valence-corrected chi connectivity index (χ3v) is 2.85. The summed E-state index contributed by atoms with van der Waals surface area (Å²) in [5.41, 5.74) is 1.88. The standard InChI is InChI=1S/C15H15N3/c1-12(14-5-3-2-4-6-14)10-17-15-8-7-13(9-16)11-18-15/h2-8,11-12H,10H2,1H3,(H,17,18). The van der Waals surface area contributed by atoms with Crippen molar-refractivity contribution in [1.29, 1.82) is 5.26 Å². The first-order valence-corrected chi connectivity index (χ1v) is 5.94. The molecule has 0 radical (unpaired) electrons. The third kappa shape index (κ3) is 3.08. The van der Waals surface area contributed by atoms with Gasteiger partial charge in [-0.2, -0.15) is 5.26 Å². The molecule has 0 amide bonds. The van der Waals surface area contributed by atoms with E-state index < -0.39 is 0 Å². The van der Waals surface area contributed by atoms with Gasteiger partial charge in [-0.3, -0.25) is 0 Å². The third-order valence-electron chi connectivity index (χ3n) is 2.85. The highest BCUT2D eigenvalue weighted by Crippen LogP contribution is 2.15. The van der Waals surface area contributed by atoms with Crippen molar-refractivity contribution in [3.63, 3.8) is 0 Å². The number of hydrogen-bond donors (Lipinski definition) is 1. The Hall–Kier alpha value is -2.34. The molecule has 0 saturated carbocycles. The number of nitrogens with zero attached hydrogens (tertiary/aromatic N) is 2. The topological polar surface area (TPSA) is 48.7 Å². The molecule has 0 fully saturated rings. The minimum atomic E-state index is 0.420. The summed E-state index contributed by atoms with van der Waals surface area (Å²) in [5.74, 6) is 1.22. The van der Waals surface area contributed by atoms with Gasteiger partial charge >= 0.3 is 0 Å². The average Bonchev–Trinajstić information content (AvgIpc) is 2.46. The number of nitrogens with one attached hydrogen (secondary N) is 1. The summed E-state index contributed by atoms with van der Waals surface area (Å²) in [6.07, 6.45) is 1.58. The van der Waals surface area contributed by atoms with Crippen LogP contribution >= 0.6 is 0 Å². The summed E-state index contributed by atoms with van der Waals surface area (Å²) in [7, 11) is 0. The molecule has 90 valence electrons. The van der Waals surface area contributed by atoms with Crippen LogP contribution in [0.4, 0.5) is 5.82 Å². The number of nitriles is 1. The second-order valence-electron chi connectivity index (χ2n) is 4.24. The van der Waals surface area contributed by atoms with Gasteiger partial charge in [0.2, 0.25) is 0 Å². The van der Waals surface area contributed by atoms with Crippen molar-refractivity contribution in [1.82, 2.24) is 4.98 Å². The number of hydrogen-bond acceptors (Lipinski definition) is 3. The fraction of sp³-hybridized carbons (Fsp3) is 0.200. The van der Waals surface area contributed by atoms with E-state index in [0.29, 0.717) is 11.5 Å². The lowest BCUT2D eigenvalue weighted by Gasteiger charge is -2.13. The van der Waals surface area contributed by atoms with Crippen LogP contribution in [0.1, 0.15) is 24.0 Å². The fourth-order valence-corrected chi connectivity index (χ4v) is 1.72. The van der Waals surface area contributed by atoms with Crippen LogP contribution in [-0.4, -0.2) is 11.5 Å². The zero-order valence-electron chi connectivity index (χ0n) is 10.3. The Morgan fingerprint density at radius 3 is 2.61 bits per heavy atom. The van der Waals surface area contributed by atoms with Crippen molar-refractivity contribution in [2.45, 2.75) is 12.8 Å². The molecule has 1 N–H and O–H groups in total. The Morgan fingerprint density at radius 2 is 2.00 bits per heavy atom. The highest BCUT2D eigenvalue weighted by atomic mass is 15.0. The van der Waals surface area contributed by atoms with Crippen LogP contribution in [0.5, 0.6) is 0 Å². The van der Waals surface area contributed by atoms with Crippen LogP contribution in [-0.2, 0) is 0 Å². The Balaban J connectivity index is 1.93. The van der Waals surface area contributed by atoms with Crippen molar-refractivity contribution in [3.8, 4) is 6.07 Å². The molecule has 1 heterocycles. The minimum Gasteiger partial charge on any atom is -0.369 e. The molecule has 0 aliphatic carbocycles. The van der Waals surface area contributed by atoms with Gasteiger partial charge in [-0.1, -0.05) is 37.3 Å². The van der Waals surface area contributed by atoms with Crippen molar-refractivity contribution >= 4 is 5.82 Å².